The lowest BCUT2D eigenvalue weighted by Gasteiger charge is -2.42. The van der Waals surface area contributed by atoms with Crippen LogP contribution in [0.25, 0.3) is 0 Å². The lowest BCUT2D eigenvalue weighted by atomic mass is 10.0. The van der Waals surface area contributed by atoms with Crippen LogP contribution in [-0.4, -0.2) is 105 Å². The van der Waals surface area contributed by atoms with Crippen LogP contribution >= 0.6 is 7.52 Å². The van der Waals surface area contributed by atoms with Gasteiger partial charge >= 0.3 is 0 Å². The molecule has 3 fully saturated rings. The van der Waals surface area contributed by atoms with Crippen molar-refractivity contribution in [3.05, 3.63) is 0 Å². The van der Waals surface area contributed by atoms with E-state index in [9.17, 15) is 4.57 Å². The van der Waals surface area contributed by atoms with E-state index in [-0.39, 0.29) is 12.2 Å². The van der Waals surface area contributed by atoms with Crippen molar-refractivity contribution in [1.82, 2.24) is 19.8 Å². The number of piperazine rings is 1. The van der Waals surface area contributed by atoms with Gasteiger partial charge in [0.25, 0.3) is 7.52 Å². The van der Waals surface area contributed by atoms with Gasteiger partial charge in [0.15, 0.2) is 0 Å². The van der Waals surface area contributed by atoms with Gasteiger partial charge in [-0.1, -0.05) is 0 Å². The molecule has 3 aliphatic rings. The van der Waals surface area contributed by atoms with Crippen LogP contribution < -0.4 is 5.32 Å². The summed E-state index contributed by atoms with van der Waals surface area (Å²) in [5.74, 6) is 0. The summed E-state index contributed by atoms with van der Waals surface area (Å²) in [5, 5.41) is 3.42. The van der Waals surface area contributed by atoms with Crippen LogP contribution in [0.15, 0.2) is 0 Å². The Bertz CT molecular complexity index is 457. The van der Waals surface area contributed by atoms with Crippen LogP contribution in [-0.2, 0) is 13.8 Å². The summed E-state index contributed by atoms with van der Waals surface area (Å²) >= 11 is 0. The Morgan fingerprint density at radius 2 is 1.84 bits per heavy atom. The van der Waals surface area contributed by atoms with Crippen LogP contribution in [0.3, 0.4) is 0 Å². The maximum Gasteiger partial charge on any atom is 0.269 e. The monoisotopic (exact) mass is 374 g/mol. The Labute approximate surface area is 152 Å². The molecule has 25 heavy (non-hydrogen) atoms. The van der Waals surface area contributed by atoms with Crippen molar-refractivity contribution in [3.63, 3.8) is 0 Å². The molecule has 0 aromatic rings. The minimum absolute atomic E-state index is 0.0121. The van der Waals surface area contributed by atoms with E-state index in [1.54, 1.807) is 6.66 Å². The molecule has 3 rings (SSSR count). The van der Waals surface area contributed by atoms with E-state index >= 15 is 0 Å². The van der Waals surface area contributed by atoms with E-state index in [0.717, 1.165) is 52.4 Å². The van der Waals surface area contributed by atoms with Crippen molar-refractivity contribution in [1.29, 1.82) is 0 Å². The fraction of sp³-hybridized carbons (Fsp3) is 1.00. The maximum atomic E-state index is 13.1. The summed E-state index contributed by atoms with van der Waals surface area (Å²) in [6.45, 7) is 11.9. The third-order valence-corrected chi connectivity index (χ3v) is 7.69. The molecule has 3 unspecified atom stereocenters. The first-order chi connectivity index (χ1) is 11.9. The van der Waals surface area contributed by atoms with Crippen LogP contribution in [0.1, 0.15) is 19.8 Å². The summed E-state index contributed by atoms with van der Waals surface area (Å²) in [5.41, 5.74) is 0. The van der Waals surface area contributed by atoms with Crippen molar-refractivity contribution in [3.8, 4) is 0 Å². The van der Waals surface area contributed by atoms with Crippen molar-refractivity contribution in [2.24, 2.45) is 0 Å². The molecule has 3 aliphatic heterocycles. The van der Waals surface area contributed by atoms with Gasteiger partial charge in [-0.25, -0.2) is 4.67 Å². The summed E-state index contributed by atoms with van der Waals surface area (Å²) in [6.07, 6.45) is 2.67. The average Bonchev–Trinajstić information content (AvgIpc) is 2.60. The van der Waals surface area contributed by atoms with Crippen LogP contribution in [0, 0.1) is 0 Å². The molecule has 0 saturated carbocycles. The number of likely N-dealkylation sites (N-methyl/N-ethyl adjacent to an activating group) is 1. The van der Waals surface area contributed by atoms with Gasteiger partial charge in [-0.2, -0.15) is 0 Å². The maximum absolute atomic E-state index is 13.1. The smallest absolute Gasteiger partial charge is 0.269 e. The van der Waals surface area contributed by atoms with Gasteiger partial charge in [-0.05, 0) is 39.9 Å². The highest BCUT2D eigenvalue weighted by Crippen LogP contribution is 2.47. The molecule has 3 heterocycles. The number of nitrogens with one attached hydrogen (secondary N) is 1. The Morgan fingerprint density at radius 3 is 2.48 bits per heavy atom. The van der Waals surface area contributed by atoms with Gasteiger partial charge in [0.1, 0.15) is 0 Å². The fourth-order valence-electron chi connectivity index (χ4n) is 4.28. The number of ether oxygens (including phenoxy) is 1. The molecule has 0 radical (unpaired) electrons. The normalized spacial score (nSPS) is 34.0. The SMILES string of the molecule is CC1CN(C)CC(COP(C)(=O)N2CCN(C3CCNCC3)CC2)O1. The molecule has 8 heteroatoms. The largest absolute Gasteiger partial charge is 0.370 e. The van der Waals surface area contributed by atoms with Crippen molar-refractivity contribution < 1.29 is 13.8 Å². The number of hydrogen-bond acceptors (Lipinski definition) is 6. The zero-order valence-corrected chi connectivity index (χ0v) is 16.9. The van der Waals surface area contributed by atoms with E-state index in [0.29, 0.717) is 12.6 Å². The molecular formula is C17H35N4O3P. The molecule has 0 bridgehead atoms. The molecule has 0 aliphatic carbocycles. The van der Waals surface area contributed by atoms with Gasteiger partial charge in [0.05, 0.1) is 18.8 Å². The first-order valence-corrected chi connectivity index (χ1v) is 11.7. The van der Waals surface area contributed by atoms with E-state index in [1.807, 2.05) is 0 Å². The predicted molar refractivity (Wildman–Crippen MR) is 100 cm³/mol. The van der Waals surface area contributed by atoms with E-state index in [2.05, 4.69) is 33.8 Å². The van der Waals surface area contributed by atoms with Gasteiger partial charge < -0.3 is 19.5 Å². The fourth-order valence-corrected chi connectivity index (χ4v) is 5.79. The van der Waals surface area contributed by atoms with Gasteiger partial charge in [-0.3, -0.25) is 9.46 Å². The Balaban J connectivity index is 1.44. The Hall–Kier alpha value is -0.0100. The standard InChI is InChI=1S/C17H35N4O3P/c1-15-12-19(2)13-17(24-15)14-23-25(3,22)21-10-8-20(9-11-21)16-4-6-18-7-5-16/h15-18H,4-14H2,1-3H3. The predicted octanol–water partition coefficient (Wildman–Crippen LogP) is 0.915. The first kappa shape index (κ1) is 19.7. The zero-order chi connectivity index (χ0) is 17.9. The van der Waals surface area contributed by atoms with Crippen molar-refractivity contribution in [2.75, 3.05) is 72.7 Å². The third-order valence-electron chi connectivity index (χ3n) is 5.64. The lowest BCUT2D eigenvalue weighted by Crippen LogP contribution is -2.52. The molecule has 1 N–H and O–H groups in total. The van der Waals surface area contributed by atoms with Crippen molar-refractivity contribution in [2.45, 2.75) is 38.0 Å². The van der Waals surface area contributed by atoms with E-state index in [4.69, 9.17) is 9.26 Å². The molecule has 0 aromatic heterocycles. The number of rotatable bonds is 5. The molecular weight excluding hydrogens is 339 g/mol. The quantitative estimate of drug-likeness (QED) is 0.718. The highest BCUT2D eigenvalue weighted by molar-refractivity contribution is 7.55. The second-order valence-corrected chi connectivity index (χ2v) is 10.3. The van der Waals surface area contributed by atoms with Gasteiger partial charge in [0, 0.05) is 52.0 Å². The second-order valence-electron chi connectivity index (χ2n) is 7.86. The molecule has 0 aromatic carbocycles. The Kier molecular flexibility index (Phi) is 6.94. The molecule has 7 nitrogen and oxygen atoms in total. The number of piperidine rings is 1. The third kappa shape index (κ3) is 5.48. The summed E-state index contributed by atoms with van der Waals surface area (Å²) in [6, 6.07) is 0.688. The zero-order valence-electron chi connectivity index (χ0n) is 16.0. The number of morpholine rings is 1. The Morgan fingerprint density at radius 1 is 1.16 bits per heavy atom. The molecule has 0 amide bonds. The summed E-state index contributed by atoms with van der Waals surface area (Å²) in [4.78, 5) is 4.82. The van der Waals surface area contributed by atoms with Crippen LogP contribution in [0.5, 0.6) is 0 Å². The first-order valence-electron chi connectivity index (χ1n) is 9.70. The minimum atomic E-state index is -2.74. The van der Waals surface area contributed by atoms with Gasteiger partial charge in [0.2, 0.25) is 0 Å². The second kappa shape index (κ2) is 8.79. The number of hydrogen-bond donors (Lipinski definition) is 1. The molecule has 146 valence electrons. The molecule has 0 spiro atoms. The van der Waals surface area contributed by atoms with E-state index < -0.39 is 7.52 Å². The van der Waals surface area contributed by atoms with E-state index in [1.165, 1.54) is 12.8 Å². The lowest BCUT2D eigenvalue weighted by molar-refractivity contribution is -0.0855. The van der Waals surface area contributed by atoms with Gasteiger partial charge in [-0.15, -0.1) is 0 Å². The minimum Gasteiger partial charge on any atom is -0.370 e. The summed E-state index contributed by atoms with van der Waals surface area (Å²) < 4.78 is 26.9. The number of nitrogens with zero attached hydrogens (tertiary/aromatic N) is 3. The topological polar surface area (TPSA) is 57.3 Å². The van der Waals surface area contributed by atoms with Crippen molar-refractivity contribution >= 4 is 7.52 Å². The highest BCUT2D eigenvalue weighted by Gasteiger charge is 2.34. The average molecular weight is 374 g/mol. The molecule has 3 saturated heterocycles. The molecule has 3 atom stereocenters. The van der Waals surface area contributed by atoms with Crippen LogP contribution in [0.4, 0.5) is 0 Å². The summed E-state index contributed by atoms with van der Waals surface area (Å²) in [7, 11) is -0.650. The highest BCUT2D eigenvalue weighted by atomic mass is 31.2. The van der Waals surface area contributed by atoms with Crippen LogP contribution in [0.2, 0.25) is 0 Å².